The van der Waals surface area contributed by atoms with Gasteiger partial charge in [0.1, 0.15) is 0 Å². The van der Waals surface area contributed by atoms with E-state index in [9.17, 15) is 9.59 Å². The Kier molecular flexibility index (Phi) is 2.74. The van der Waals surface area contributed by atoms with Crippen LogP contribution in [-0.4, -0.2) is 22.6 Å². The van der Waals surface area contributed by atoms with Gasteiger partial charge >= 0.3 is 11.9 Å². The summed E-state index contributed by atoms with van der Waals surface area (Å²) in [5, 5.41) is 1.21. The number of hydrogen-bond acceptors (Lipinski definition) is 3. The highest BCUT2D eigenvalue weighted by atomic mass is 79.9. The summed E-state index contributed by atoms with van der Waals surface area (Å²) in [6.07, 6.45) is 1.48. The van der Waals surface area contributed by atoms with Crippen molar-refractivity contribution in [3.05, 3.63) is 0 Å². The van der Waals surface area contributed by atoms with Gasteiger partial charge in [0, 0.05) is 16.1 Å². The third-order valence-corrected chi connectivity index (χ3v) is 6.22. The molecule has 0 amide bonds. The van der Waals surface area contributed by atoms with Gasteiger partial charge in [-0.2, -0.15) is 0 Å². The summed E-state index contributed by atoms with van der Waals surface area (Å²) in [4.78, 5) is 23.5. The molecule has 5 heteroatoms. The molecule has 3 nitrogen and oxygen atoms in total. The summed E-state index contributed by atoms with van der Waals surface area (Å²) in [5.74, 6) is -0.858. The number of esters is 2. The quantitative estimate of drug-likeness (QED) is 0.440. The molecule has 1 heterocycles. The average Bonchev–Trinajstić information content (AvgIpc) is 2.44. The Balaban J connectivity index is 2.53. The molecular weight excluding hydrogens is 328 g/mol. The number of halogens is 2. The van der Waals surface area contributed by atoms with E-state index in [1.54, 1.807) is 0 Å². The van der Waals surface area contributed by atoms with Gasteiger partial charge < -0.3 is 4.74 Å². The Hall–Kier alpha value is 0.1000. The fourth-order valence-electron chi connectivity index (χ4n) is 2.80. The van der Waals surface area contributed by atoms with Crippen molar-refractivity contribution in [2.45, 2.75) is 19.8 Å². The summed E-state index contributed by atoms with van der Waals surface area (Å²) in [5.41, 5.74) is -0.849. The number of ether oxygens (including phenoxy) is 1. The average molecular weight is 340 g/mol. The molecule has 0 aromatic carbocycles. The molecule has 0 radical (unpaired) electrons. The van der Waals surface area contributed by atoms with Crippen LogP contribution in [0, 0.1) is 16.7 Å². The van der Waals surface area contributed by atoms with Crippen LogP contribution in [0.1, 0.15) is 19.8 Å². The van der Waals surface area contributed by atoms with Gasteiger partial charge in [0.15, 0.2) is 0 Å². The maximum Gasteiger partial charge on any atom is 0.321 e. The van der Waals surface area contributed by atoms with E-state index in [0.717, 1.165) is 12.8 Å². The van der Waals surface area contributed by atoms with Crippen LogP contribution in [0.4, 0.5) is 0 Å². The minimum atomic E-state index is -0.533. The normalized spacial score (nSPS) is 44.3. The minimum absolute atomic E-state index is 0.146. The molecule has 1 aliphatic carbocycles. The van der Waals surface area contributed by atoms with Crippen molar-refractivity contribution in [2.24, 2.45) is 16.7 Å². The number of cyclic esters (lactones) is 2. The van der Waals surface area contributed by atoms with E-state index in [0.29, 0.717) is 10.7 Å². The SMILES string of the molecule is C[C@@]1(CBr)[C@@H]2CC[C@]1(CBr)C(=O)OC2=O. The highest BCUT2D eigenvalue weighted by molar-refractivity contribution is 9.09. The van der Waals surface area contributed by atoms with Crippen LogP contribution in [0.2, 0.25) is 0 Å². The van der Waals surface area contributed by atoms with E-state index in [-0.39, 0.29) is 23.3 Å². The number of alkyl halides is 2. The monoisotopic (exact) mass is 338 g/mol. The molecule has 2 rings (SSSR count). The molecule has 15 heavy (non-hydrogen) atoms. The molecule has 0 N–H and O–H groups in total. The van der Waals surface area contributed by atoms with Gasteiger partial charge in [0.2, 0.25) is 0 Å². The van der Waals surface area contributed by atoms with Gasteiger partial charge in [0.25, 0.3) is 0 Å². The summed E-state index contributed by atoms with van der Waals surface area (Å²) < 4.78 is 4.84. The maximum absolute atomic E-state index is 11.9. The zero-order valence-electron chi connectivity index (χ0n) is 8.39. The topological polar surface area (TPSA) is 43.4 Å². The van der Waals surface area contributed by atoms with Crippen LogP contribution in [0.5, 0.6) is 0 Å². The Labute approximate surface area is 105 Å². The Bertz CT molecular complexity index is 331. The lowest BCUT2D eigenvalue weighted by molar-refractivity contribution is -0.184. The van der Waals surface area contributed by atoms with Crippen LogP contribution < -0.4 is 0 Å². The smallest absolute Gasteiger partial charge is 0.321 e. The second-order valence-electron chi connectivity index (χ2n) is 4.57. The van der Waals surface area contributed by atoms with Gasteiger partial charge in [-0.1, -0.05) is 38.8 Å². The second-order valence-corrected chi connectivity index (χ2v) is 5.69. The van der Waals surface area contributed by atoms with Gasteiger partial charge in [-0.3, -0.25) is 9.59 Å². The molecule has 3 atom stereocenters. The first-order valence-corrected chi connectivity index (χ1v) is 7.14. The van der Waals surface area contributed by atoms with Crippen molar-refractivity contribution >= 4 is 43.8 Å². The van der Waals surface area contributed by atoms with Crippen molar-refractivity contribution in [1.29, 1.82) is 0 Å². The summed E-state index contributed by atoms with van der Waals surface area (Å²) in [6.45, 7) is 2.00. The summed E-state index contributed by atoms with van der Waals surface area (Å²) in [7, 11) is 0. The van der Waals surface area contributed by atoms with Gasteiger partial charge in [0.05, 0.1) is 11.3 Å². The van der Waals surface area contributed by atoms with Gasteiger partial charge in [-0.15, -0.1) is 0 Å². The molecule has 1 aliphatic heterocycles. The Morgan fingerprint density at radius 1 is 1.40 bits per heavy atom. The fourth-order valence-corrected chi connectivity index (χ4v) is 4.87. The number of carbonyl (C=O) groups excluding carboxylic acids is 2. The van der Waals surface area contributed by atoms with Crippen molar-refractivity contribution < 1.29 is 14.3 Å². The molecule has 1 saturated carbocycles. The van der Waals surface area contributed by atoms with Crippen LogP contribution in [-0.2, 0) is 14.3 Å². The molecule has 2 bridgehead atoms. The maximum atomic E-state index is 11.9. The molecule has 2 aliphatic rings. The largest absolute Gasteiger partial charge is 0.392 e. The van der Waals surface area contributed by atoms with E-state index >= 15 is 0 Å². The van der Waals surface area contributed by atoms with Gasteiger partial charge in [-0.25, -0.2) is 0 Å². The lowest BCUT2D eigenvalue weighted by Gasteiger charge is -2.44. The third-order valence-electron chi connectivity index (χ3n) is 4.10. The Morgan fingerprint density at radius 2 is 2.07 bits per heavy atom. The molecule has 84 valence electrons. The van der Waals surface area contributed by atoms with E-state index in [4.69, 9.17) is 4.74 Å². The molecule has 0 spiro atoms. The number of carbonyl (C=O) groups is 2. The molecule has 2 fully saturated rings. The van der Waals surface area contributed by atoms with Crippen LogP contribution in [0.3, 0.4) is 0 Å². The first-order valence-electron chi connectivity index (χ1n) is 4.90. The van der Waals surface area contributed by atoms with E-state index in [1.807, 2.05) is 6.92 Å². The molecule has 0 unspecified atom stereocenters. The van der Waals surface area contributed by atoms with Gasteiger partial charge in [-0.05, 0) is 12.8 Å². The highest BCUT2D eigenvalue weighted by Crippen LogP contribution is 2.61. The predicted molar refractivity (Wildman–Crippen MR) is 62.0 cm³/mol. The first-order chi connectivity index (χ1) is 7.02. The zero-order chi connectivity index (χ0) is 11.3. The first kappa shape index (κ1) is 11.6. The minimum Gasteiger partial charge on any atom is -0.392 e. The zero-order valence-corrected chi connectivity index (χ0v) is 11.6. The molecule has 0 aromatic rings. The summed E-state index contributed by atoms with van der Waals surface area (Å²) >= 11 is 6.84. The Morgan fingerprint density at radius 3 is 2.60 bits per heavy atom. The number of fused-ring (bicyclic) bond motifs is 2. The molecular formula is C10H12Br2O3. The highest BCUT2D eigenvalue weighted by Gasteiger charge is 2.67. The van der Waals surface area contributed by atoms with Crippen molar-refractivity contribution in [1.82, 2.24) is 0 Å². The number of hydrogen-bond donors (Lipinski definition) is 0. The summed E-state index contributed by atoms with van der Waals surface area (Å²) in [6, 6.07) is 0. The van der Waals surface area contributed by atoms with E-state index in [2.05, 4.69) is 31.9 Å². The van der Waals surface area contributed by atoms with E-state index in [1.165, 1.54) is 0 Å². The second kappa shape index (κ2) is 3.55. The molecule has 1 saturated heterocycles. The lowest BCUT2D eigenvalue weighted by atomic mass is 9.64. The molecule has 0 aromatic heterocycles. The van der Waals surface area contributed by atoms with Crippen LogP contribution >= 0.6 is 31.9 Å². The van der Waals surface area contributed by atoms with Crippen molar-refractivity contribution in [3.63, 3.8) is 0 Å². The van der Waals surface area contributed by atoms with Crippen molar-refractivity contribution in [2.75, 3.05) is 10.7 Å². The van der Waals surface area contributed by atoms with Crippen LogP contribution in [0.25, 0.3) is 0 Å². The predicted octanol–water partition coefficient (Wildman–Crippen LogP) is 2.26. The third kappa shape index (κ3) is 1.22. The van der Waals surface area contributed by atoms with Crippen molar-refractivity contribution in [3.8, 4) is 0 Å². The van der Waals surface area contributed by atoms with Crippen LogP contribution in [0.15, 0.2) is 0 Å². The standard InChI is InChI=1S/C10H12Br2O3/c1-9(4-11)6-2-3-10(9,5-12)8(14)15-7(6)13/h6H,2-5H2,1H3/t6-,9-,10+/m1/s1. The lowest BCUT2D eigenvalue weighted by Crippen LogP contribution is -2.55. The van der Waals surface area contributed by atoms with E-state index < -0.39 is 5.41 Å². The fraction of sp³-hybridized carbons (Fsp3) is 0.800. The number of rotatable bonds is 2.